The quantitative estimate of drug-likeness (QED) is 0.909. The zero-order valence-electron chi connectivity index (χ0n) is 12.2. The summed E-state index contributed by atoms with van der Waals surface area (Å²) in [5, 5.41) is 9.12. The number of carboxylic acid groups (broad SMARTS) is 1. The number of nitrogens with zero attached hydrogens (tertiary/aromatic N) is 1. The molecule has 0 heterocycles. The summed E-state index contributed by atoms with van der Waals surface area (Å²) in [7, 11) is 1.95. The van der Waals surface area contributed by atoms with E-state index in [0.717, 1.165) is 6.07 Å². The van der Waals surface area contributed by atoms with Crippen molar-refractivity contribution in [3.05, 3.63) is 35.1 Å². The molecule has 1 aromatic carbocycles. The average molecular weight is 267 g/mol. The Bertz CT molecular complexity index is 466. The summed E-state index contributed by atoms with van der Waals surface area (Å²) in [5.41, 5.74) is 0.762. The molecule has 0 saturated heterocycles. The molecule has 4 heteroatoms. The Morgan fingerprint density at radius 3 is 2.47 bits per heavy atom. The van der Waals surface area contributed by atoms with Crippen molar-refractivity contribution in [3.8, 4) is 0 Å². The van der Waals surface area contributed by atoms with Crippen molar-refractivity contribution < 1.29 is 14.3 Å². The van der Waals surface area contributed by atoms with E-state index in [2.05, 4.69) is 32.6 Å². The second-order valence-corrected chi connectivity index (χ2v) is 6.06. The first kappa shape index (κ1) is 15.6. The van der Waals surface area contributed by atoms with E-state index >= 15 is 0 Å². The Morgan fingerprint density at radius 1 is 1.42 bits per heavy atom. The van der Waals surface area contributed by atoms with Crippen LogP contribution in [0.2, 0.25) is 0 Å². The van der Waals surface area contributed by atoms with Crippen molar-refractivity contribution >= 4 is 5.97 Å². The molecule has 1 aromatic rings. The summed E-state index contributed by atoms with van der Waals surface area (Å²) < 4.78 is 13.1. The molecule has 0 spiro atoms. The number of hydrogen-bond donors (Lipinski definition) is 1. The van der Waals surface area contributed by atoms with Gasteiger partial charge in [-0.15, -0.1) is 0 Å². The molecule has 0 aromatic heterocycles. The average Bonchev–Trinajstić information content (AvgIpc) is 2.28. The summed E-state index contributed by atoms with van der Waals surface area (Å²) in [4.78, 5) is 13.2. The standard InChI is InChI=1S/C15H22FNO2/c1-10(15(2,3)4)17(5)9-11-6-7-12(16)8-13(11)14(18)19/h6-8,10H,9H2,1-5H3,(H,18,19). The molecular formula is C15H22FNO2. The van der Waals surface area contributed by atoms with Gasteiger partial charge in [0.25, 0.3) is 0 Å². The van der Waals surface area contributed by atoms with E-state index < -0.39 is 11.8 Å². The van der Waals surface area contributed by atoms with Crippen LogP contribution in [0.3, 0.4) is 0 Å². The van der Waals surface area contributed by atoms with E-state index in [9.17, 15) is 9.18 Å². The van der Waals surface area contributed by atoms with Crippen LogP contribution in [0.4, 0.5) is 4.39 Å². The van der Waals surface area contributed by atoms with Gasteiger partial charge in [-0.2, -0.15) is 0 Å². The van der Waals surface area contributed by atoms with Crippen LogP contribution in [0.1, 0.15) is 43.6 Å². The smallest absolute Gasteiger partial charge is 0.336 e. The van der Waals surface area contributed by atoms with Crippen LogP contribution in [0, 0.1) is 11.2 Å². The number of aromatic carboxylic acids is 1. The van der Waals surface area contributed by atoms with Crippen LogP contribution < -0.4 is 0 Å². The topological polar surface area (TPSA) is 40.5 Å². The first-order valence-electron chi connectivity index (χ1n) is 6.35. The van der Waals surface area contributed by atoms with Crippen molar-refractivity contribution in [1.82, 2.24) is 4.90 Å². The summed E-state index contributed by atoms with van der Waals surface area (Å²) >= 11 is 0. The molecule has 106 valence electrons. The first-order valence-corrected chi connectivity index (χ1v) is 6.35. The number of benzene rings is 1. The molecule has 0 fully saturated rings. The Labute approximate surface area is 114 Å². The molecule has 1 N–H and O–H groups in total. The van der Waals surface area contributed by atoms with Crippen molar-refractivity contribution in [2.75, 3.05) is 7.05 Å². The molecular weight excluding hydrogens is 245 g/mol. The fourth-order valence-corrected chi connectivity index (χ4v) is 1.95. The van der Waals surface area contributed by atoms with Crippen LogP contribution in [0.25, 0.3) is 0 Å². The third-order valence-corrected chi connectivity index (χ3v) is 3.64. The van der Waals surface area contributed by atoms with Gasteiger partial charge in [-0.1, -0.05) is 26.8 Å². The minimum absolute atomic E-state index is 0.0351. The van der Waals surface area contributed by atoms with Crippen LogP contribution in [-0.2, 0) is 6.54 Å². The Morgan fingerprint density at radius 2 is 2.00 bits per heavy atom. The maximum absolute atomic E-state index is 13.1. The highest BCUT2D eigenvalue weighted by Gasteiger charge is 2.24. The van der Waals surface area contributed by atoms with E-state index in [-0.39, 0.29) is 17.0 Å². The minimum Gasteiger partial charge on any atom is -0.478 e. The molecule has 0 amide bonds. The number of halogens is 1. The SMILES string of the molecule is CC(N(C)Cc1ccc(F)cc1C(=O)O)C(C)(C)C. The zero-order chi connectivity index (χ0) is 14.8. The number of carboxylic acids is 1. The molecule has 0 radical (unpaired) electrons. The van der Waals surface area contributed by atoms with Gasteiger partial charge in [0.2, 0.25) is 0 Å². The lowest BCUT2D eigenvalue weighted by atomic mass is 9.87. The minimum atomic E-state index is -1.09. The maximum atomic E-state index is 13.1. The van der Waals surface area contributed by atoms with E-state index in [1.165, 1.54) is 6.07 Å². The normalized spacial score (nSPS) is 13.6. The highest BCUT2D eigenvalue weighted by atomic mass is 19.1. The predicted molar refractivity (Wildman–Crippen MR) is 73.7 cm³/mol. The molecule has 1 rings (SSSR count). The van der Waals surface area contributed by atoms with E-state index in [1.54, 1.807) is 6.07 Å². The fourth-order valence-electron chi connectivity index (χ4n) is 1.95. The Kier molecular flexibility index (Phi) is 4.69. The zero-order valence-corrected chi connectivity index (χ0v) is 12.2. The summed E-state index contributed by atoms with van der Waals surface area (Å²) in [6.07, 6.45) is 0. The van der Waals surface area contributed by atoms with Gasteiger partial charge < -0.3 is 5.11 Å². The summed E-state index contributed by atoms with van der Waals surface area (Å²) in [6, 6.07) is 4.20. The van der Waals surface area contributed by atoms with Gasteiger partial charge in [0, 0.05) is 12.6 Å². The number of rotatable bonds is 4. The third-order valence-electron chi connectivity index (χ3n) is 3.64. The van der Waals surface area contributed by atoms with Gasteiger partial charge in [0.15, 0.2) is 0 Å². The monoisotopic (exact) mass is 267 g/mol. The van der Waals surface area contributed by atoms with E-state index in [0.29, 0.717) is 12.1 Å². The molecule has 0 bridgehead atoms. The van der Waals surface area contributed by atoms with E-state index in [4.69, 9.17) is 5.11 Å². The van der Waals surface area contributed by atoms with Crippen molar-refractivity contribution in [3.63, 3.8) is 0 Å². The second-order valence-electron chi connectivity index (χ2n) is 6.06. The lowest BCUT2D eigenvalue weighted by Crippen LogP contribution is -2.39. The van der Waals surface area contributed by atoms with Gasteiger partial charge in [-0.3, -0.25) is 4.90 Å². The lowest BCUT2D eigenvalue weighted by Gasteiger charge is -2.35. The van der Waals surface area contributed by atoms with Gasteiger partial charge in [-0.05, 0) is 37.1 Å². The highest BCUT2D eigenvalue weighted by Crippen LogP contribution is 2.25. The van der Waals surface area contributed by atoms with Crippen LogP contribution in [0.5, 0.6) is 0 Å². The number of carbonyl (C=O) groups is 1. The fraction of sp³-hybridized carbons (Fsp3) is 0.533. The molecule has 0 aliphatic rings. The van der Waals surface area contributed by atoms with Crippen molar-refractivity contribution in [1.29, 1.82) is 0 Å². The number of hydrogen-bond acceptors (Lipinski definition) is 2. The second kappa shape index (κ2) is 5.70. The highest BCUT2D eigenvalue weighted by molar-refractivity contribution is 5.89. The summed E-state index contributed by atoms with van der Waals surface area (Å²) in [5.74, 6) is -1.61. The van der Waals surface area contributed by atoms with Crippen LogP contribution >= 0.6 is 0 Å². The molecule has 0 aliphatic heterocycles. The molecule has 19 heavy (non-hydrogen) atoms. The van der Waals surface area contributed by atoms with Gasteiger partial charge >= 0.3 is 5.97 Å². The van der Waals surface area contributed by atoms with Crippen molar-refractivity contribution in [2.24, 2.45) is 5.41 Å². The first-order chi connectivity index (χ1) is 8.62. The van der Waals surface area contributed by atoms with Crippen LogP contribution in [-0.4, -0.2) is 29.1 Å². The van der Waals surface area contributed by atoms with Gasteiger partial charge in [-0.25, -0.2) is 9.18 Å². The Balaban J connectivity index is 2.97. The van der Waals surface area contributed by atoms with Gasteiger partial charge in [0.05, 0.1) is 5.56 Å². The predicted octanol–water partition coefficient (Wildman–Crippen LogP) is 3.39. The molecule has 0 saturated carbocycles. The molecule has 1 atom stereocenters. The third kappa shape index (κ3) is 4.03. The molecule has 3 nitrogen and oxygen atoms in total. The molecule has 0 aliphatic carbocycles. The largest absolute Gasteiger partial charge is 0.478 e. The lowest BCUT2D eigenvalue weighted by molar-refractivity contribution is 0.0692. The van der Waals surface area contributed by atoms with Gasteiger partial charge in [0.1, 0.15) is 5.82 Å². The Hall–Kier alpha value is -1.42. The van der Waals surface area contributed by atoms with Crippen LogP contribution in [0.15, 0.2) is 18.2 Å². The van der Waals surface area contributed by atoms with E-state index in [1.807, 2.05) is 7.05 Å². The summed E-state index contributed by atoms with van der Waals surface area (Å²) in [6.45, 7) is 9.00. The molecule has 1 unspecified atom stereocenters. The maximum Gasteiger partial charge on any atom is 0.336 e. The van der Waals surface area contributed by atoms with Crippen molar-refractivity contribution in [2.45, 2.75) is 40.3 Å².